The van der Waals surface area contributed by atoms with Crippen LogP contribution < -0.4 is 5.32 Å². The van der Waals surface area contributed by atoms with Crippen LogP contribution in [-0.4, -0.2) is 68.6 Å². The number of hydrogen-bond acceptors (Lipinski definition) is 4. The van der Waals surface area contributed by atoms with Crippen LogP contribution in [0.25, 0.3) is 0 Å². The summed E-state index contributed by atoms with van der Waals surface area (Å²) in [6.45, 7) is 4.39. The highest BCUT2D eigenvalue weighted by Gasteiger charge is 2.23. The van der Waals surface area contributed by atoms with E-state index in [1.165, 1.54) is 10.4 Å². The lowest BCUT2D eigenvalue weighted by atomic mass is 10.1. The lowest BCUT2D eigenvalue weighted by molar-refractivity contribution is -0.130. The first kappa shape index (κ1) is 20.4. The maximum atomic E-state index is 12.5. The molecule has 1 atom stereocenters. The number of guanidine groups is 1. The number of carbonyl (C=O) groups is 1. The smallest absolute Gasteiger partial charge is 0.242 e. The largest absolute Gasteiger partial charge is 0.381 e. The first-order chi connectivity index (χ1) is 11.7. The summed E-state index contributed by atoms with van der Waals surface area (Å²) < 4.78 is 5.42. The van der Waals surface area contributed by atoms with Crippen LogP contribution in [0.15, 0.2) is 16.4 Å². The zero-order valence-electron chi connectivity index (χ0n) is 14.9. The summed E-state index contributed by atoms with van der Waals surface area (Å²) in [5.41, 5.74) is 1.29. The van der Waals surface area contributed by atoms with Gasteiger partial charge in [0.25, 0.3) is 0 Å². The van der Waals surface area contributed by atoms with Crippen molar-refractivity contribution in [3.8, 4) is 0 Å². The Morgan fingerprint density at radius 1 is 1.56 bits per heavy atom. The third-order valence-corrected chi connectivity index (χ3v) is 5.71. The maximum Gasteiger partial charge on any atom is 0.242 e. The fraction of sp³-hybridized carbons (Fsp3) is 0.647. The number of hydrogen-bond donors (Lipinski definition) is 1. The highest BCUT2D eigenvalue weighted by Crippen LogP contribution is 2.23. The topological polar surface area (TPSA) is 57.2 Å². The molecule has 0 bridgehead atoms. The number of rotatable bonds is 4. The molecule has 3 rings (SSSR count). The normalized spacial score (nSPS) is 20.0. The summed E-state index contributed by atoms with van der Waals surface area (Å²) in [6.07, 6.45) is 2.06. The minimum atomic E-state index is 0. The van der Waals surface area contributed by atoms with Crippen molar-refractivity contribution in [3.05, 3.63) is 21.9 Å². The molecular weight excluding hydrogens is 451 g/mol. The van der Waals surface area contributed by atoms with E-state index in [0.29, 0.717) is 5.92 Å². The van der Waals surface area contributed by atoms with Crippen LogP contribution in [0, 0.1) is 5.92 Å². The van der Waals surface area contributed by atoms with Gasteiger partial charge in [-0.2, -0.15) is 0 Å². The van der Waals surface area contributed by atoms with Gasteiger partial charge in [-0.1, -0.05) is 0 Å². The van der Waals surface area contributed by atoms with Gasteiger partial charge in [0.1, 0.15) is 0 Å². The fourth-order valence-electron chi connectivity index (χ4n) is 3.31. The van der Waals surface area contributed by atoms with E-state index in [-0.39, 0.29) is 36.4 Å². The van der Waals surface area contributed by atoms with Gasteiger partial charge in [0, 0.05) is 51.1 Å². The number of amides is 1. The van der Waals surface area contributed by atoms with E-state index in [4.69, 9.17) is 4.74 Å². The second kappa shape index (κ2) is 9.72. The van der Waals surface area contributed by atoms with Crippen molar-refractivity contribution in [3.63, 3.8) is 0 Å². The molecule has 0 aromatic carbocycles. The molecule has 6 nitrogen and oxygen atoms in total. The molecule has 0 saturated carbocycles. The quantitative estimate of drug-likeness (QED) is 0.408. The van der Waals surface area contributed by atoms with Crippen molar-refractivity contribution >= 4 is 47.2 Å². The molecule has 0 aliphatic carbocycles. The summed E-state index contributed by atoms with van der Waals surface area (Å²) in [7, 11) is 3.77. The minimum absolute atomic E-state index is 0. The van der Waals surface area contributed by atoms with Crippen molar-refractivity contribution < 1.29 is 9.53 Å². The first-order valence-corrected chi connectivity index (χ1v) is 9.38. The summed E-state index contributed by atoms with van der Waals surface area (Å²) >= 11 is 1.79. The van der Waals surface area contributed by atoms with E-state index >= 15 is 0 Å². The lowest BCUT2D eigenvalue weighted by Crippen LogP contribution is -2.47. The summed E-state index contributed by atoms with van der Waals surface area (Å²) in [6, 6.07) is 2.13. The molecule has 1 aromatic heterocycles. The average molecular weight is 478 g/mol. The standard InChI is InChI=1S/C17H26N4O2S.HI/c1-18-17(20(2)10-13-4-7-23-12-13)19-9-16(22)21-6-3-15-14(11-21)5-8-24-15;/h5,8,13H,3-4,6-7,9-12H2,1-2H3,(H,18,19);1H. The molecular formula is C17H27IN4O2S. The van der Waals surface area contributed by atoms with Gasteiger partial charge >= 0.3 is 0 Å². The second-order valence-electron chi connectivity index (χ2n) is 6.45. The fourth-order valence-corrected chi connectivity index (χ4v) is 4.20. The molecule has 0 spiro atoms. The van der Waals surface area contributed by atoms with Gasteiger partial charge in [-0.05, 0) is 29.9 Å². The molecule has 1 fully saturated rings. The first-order valence-electron chi connectivity index (χ1n) is 8.50. The van der Waals surface area contributed by atoms with Crippen molar-refractivity contribution in [2.45, 2.75) is 19.4 Å². The van der Waals surface area contributed by atoms with E-state index in [1.807, 2.05) is 11.9 Å². The summed E-state index contributed by atoms with van der Waals surface area (Å²) in [5.74, 6) is 1.44. The maximum absolute atomic E-state index is 12.5. The van der Waals surface area contributed by atoms with E-state index in [2.05, 4.69) is 26.7 Å². The van der Waals surface area contributed by atoms with Gasteiger partial charge in [0.15, 0.2) is 5.96 Å². The van der Waals surface area contributed by atoms with Crippen LogP contribution in [0.2, 0.25) is 0 Å². The molecule has 8 heteroatoms. The number of halogens is 1. The van der Waals surface area contributed by atoms with Crippen LogP contribution in [-0.2, 0) is 22.5 Å². The van der Waals surface area contributed by atoms with Crippen LogP contribution >= 0.6 is 35.3 Å². The number of aliphatic imine (C=N–C) groups is 1. The highest BCUT2D eigenvalue weighted by molar-refractivity contribution is 14.0. The summed E-state index contributed by atoms with van der Waals surface area (Å²) in [4.78, 5) is 22.2. The van der Waals surface area contributed by atoms with Gasteiger partial charge in [0.05, 0.1) is 13.2 Å². The molecule has 1 N–H and O–H groups in total. The van der Waals surface area contributed by atoms with Crippen molar-refractivity contribution in [1.29, 1.82) is 0 Å². The monoisotopic (exact) mass is 478 g/mol. The molecule has 140 valence electrons. The van der Waals surface area contributed by atoms with Gasteiger partial charge in [-0.25, -0.2) is 0 Å². The zero-order valence-corrected chi connectivity index (χ0v) is 18.0. The number of carbonyl (C=O) groups excluding carboxylic acids is 1. The van der Waals surface area contributed by atoms with Crippen molar-refractivity contribution in [1.82, 2.24) is 15.1 Å². The van der Waals surface area contributed by atoms with E-state index in [0.717, 1.165) is 51.6 Å². The van der Waals surface area contributed by atoms with Gasteiger partial charge in [0.2, 0.25) is 5.91 Å². The Morgan fingerprint density at radius 2 is 2.40 bits per heavy atom. The third kappa shape index (κ3) is 5.30. The molecule has 0 radical (unpaired) electrons. The molecule has 2 aliphatic rings. The van der Waals surface area contributed by atoms with Gasteiger partial charge < -0.3 is 19.9 Å². The lowest BCUT2D eigenvalue weighted by Gasteiger charge is -2.28. The van der Waals surface area contributed by atoms with Crippen molar-refractivity contribution in [2.75, 3.05) is 46.9 Å². The highest BCUT2D eigenvalue weighted by atomic mass is 127. The Bertz CT molecular complexity index is 601. The third-order valence-electron chi connectivity index (χ3n) is 4.69. The second-order valence-corrected chi connectivity index (χ2v) is 7.45. The molecule has 1 unspecified atom stereocenters. The van der Waals surface area contributed by atoms with Crippen LogP contribution in [0.3, 0.4) is 0 Å². The molecule has 1 amide bonds. The van der Waals surface area contributed by atoms with Gasteiger partial charge in [-0.15, -0.1) is 35.3 Å². The zero-order chi connectivity index (χ0) is 16.9. The van der Waals surface area contributed by atoms with Crippen LogP contribution in [0.1, 0.15) is 16.9 Å². The van der Waals surface area contributed by atoms with E-state index in [9.17, 15) is 4.79 Å². The number of thiophene rings is 1. The Labute approximate surface area is 170 Å². The number of nitrogens with zero attached hydrogens (tertiary/aromatic N) is 3. The number of fused-ring (bicyclic) bond motifs is 1. The molecule has 3 heterocycles. The molecule has 1 aromatic rings. The SMILES string of the molecule is CN=C(NCC(=O)N1CCc2sccc2C1)N(C)CC1CCOC1.I. The van der Waals surface area contributed by atoms with Gasteiger partial charge in [-0.3, -0.25) is 9.79 Å². The molecule has 25 heavy (non-hydrogen) atoms. The Kier molecular flexibility index (Phi) is 7.95. The minimum Gasteiger partial charge on any atom is -0.381 e. The number of ether oxygens (including phenoxy) is 1. The average Bonchev–Trinajstić information content (AvgIpc) is 3.25. The van der Waals surface area contributed by atoms with Crippen LogP contribution in [0.5, 0.6) is 0 Å². The molecule has 1 saturated heterocycles. The Morgan fingerprint density at radius 3 is 3.12 bits per heavy atom. The predicted octanol–water partition coefficient (Wildman–Crippen LogP) is 1.79. The molecule has 2 aliphatic heterocycles. The van der Waals surface area contributed by atoms with E-state index in [1.54, 1.807) is 18.4 Å². The Balaban J connectivity index is 0.00000225. The number of nitrogens with one attached hydrogen (secondary N) is 1. The Hall–Kier alpha value is -0.870. The van der Waals surface area contributed by atoms with Crippen molar-refractivity contribution in [2.24, 2.45) is 10.9 Å². The van der Waals surface area contributed by atoms with E-state index < -0.39 is 0 Å². The predicted molar refractivity (Wildman–Crippen MR) is 112 cm³/mol. The van der Waals surface area contributed by atoms with Crippen LogP contribution in [0.4, 0.5) is 0 Å². The summed E-state index contributed by atoms with van der Waals surface area (Å²) in [5, 5.41) is 5.32.